The molecule has 7 nitrogen and oxygen atoms in total. The molecule has 0 aliphatic carbocycles. The van der Waals surface area contributed by atoms with Gasteiger partial charge in [-0.15, -0.1) is 11.3 Å². The Morgan fingerprint density at radius 2 is 2.21 bits per heavy atom. The van der Waals surface area contributed by atoms with Crippen LogP contribution >= 0.6 is 11.3 Å². The molecule has 33 heavy (non-hydrogen) atoms. The van der Waals surface area contributed by atoms with Crippen LogP contribution in [0.1, 0.15) is 40.9 Å². The molecule has 1 aliphatic heterocycles. The lowest BCUT2D eigenvalue weighted by atomic mass is 9.99. The van der Waals surface area contributed by atoms with E-state index in [1.807, 2.05) is 25.1 Å². The average molecular weight is 470 g/mol. The number of aliphatic hydroxyl groups excluding tert-OH is 1. The highest BCUT2D eigenvalue weighted by Gasteiger charge is 2.19. The summed E-state index contributed by atoms with van der Waals surface area (Å²) >= 11 is 1.24. The number of nitrogens with one attached hydrogen (secondary N) is 3. The van der Waals surface area contributed by atoms with E-state index in [0.717, 1.165) is 25.2 Å². The summed E-state index contributed by atoms with van der Waals surface area (Å²) in [5.41, 5.74) is 7.85. The molecule has 0 saturated carbocycles. The summed E-state index contributed by atoms with van der Waals surface area (Å²) in [6.07, 6.45) is 1.09. The molecule has 2 atom stereocenters. The summed E-state index contributed by atoms with van der Waals surface area (Å²) in [6, 6.07) is 12.6. The van der Waals surface area contributed by atoms with Crippen molar-refractivity contribution in [1.82, 2.24) is 15.6 Å². The molecule has 2 unspecified atom stereocenters. The van der Waals surface area contributed by atoms with Crippen molar-refractivity contribution in [2.75, 3.05) is 25.0 Å². The molecule has 0 radical (unpaired) electrons. The highest BCUT2D eigenvalue weighted by Crippen LogP contribution is 2.38. The molecule has 3 aromatic rings. The van der Waals surface area contributed by atoms with Gasteiger partial charge in [0.05, 0.1) is 11.3 Å². The minimum Gasteiger partial charge on any atom is -0.396 e. The van der Waals surface area contributed by atoms with E-state index in [4.69, 9.17) is 5.73 Å². The van der Waals surface area contributed by atoms with E-state index in [-0.39, 0.29) is 18.1 Å². The SMILES string of the molecule is CC(CO)c1ccc(-c2cc(C(N)=O)c(Nc3cccc(CNC4CCNC4)n3)s2)c(F)c1. The summed E-state index contributed by atoms with van der Waals surface area (Å²) < 4.78 is 14.8. The number of carbonyl (C=O) groups excluding carboxylic acids is 1. The van der Waals surface area contributed by atoms with Gasteiger partial charge in [-0.05, 0) is 42.8 Å². The number of aromatic nitrogens is 1. The van der Waals surface area contributed by atoms with Crippen molar-refractivity contribution in [2.45, 2.75) is 31.8 Å². The van der Waals surface area contributed by atoms with Crippen LogP contribution in [-0.4, -0.2) is 41.7 Å². The van der Waals surface area contributed by atoms with Gasteiger partial charge in [0.1, 0.15) is 16.6 Å². The van der Waals surface area contributed by atoms with Crippen LogP contribution in [0.25, 0.3) is 10.4 Å². The first-order valence-corrected chi connectivity index (χ1v) is 11.8. The van der Waals surface area contributed by atoms with Crippen molar-refractivity contribution in [3.8, 4) is 10.4 Å². The van der Waals surface area contributed by atoms with E-state index in [1.54, 1.807) is 18.2 Å². The molecule has 1 amide bonds. The molecular weight excluding hydrogens is 441 g/mol. The van der Waals surface area contributed by atoms with Crippen LogP contribution in [0.15, 0.2) is 42.5 Å². The first-order chi connectivity index (χ1) is 15.9. The molecule has 174 valence electrons. The van der Waals surface area contributed by atoms with E-state index in [2.05, 4.69) is 20.9 Å². The molecule has 4 rings (SSSR count). The fourth-order valence-corrected chi connectivity index (χ4v) is 4.88. The maximum atomic E-state index is 14.8. The molecule has 3 heterocycles. The number of hydrogen-bond acceptors (Lipinski definition) is 7. The number of nitrogens with two attached hydrogens (primary N) is 1. The zero-order chi connectivity index (χ0) is 23.4. The second-order valence-corrected chi connectivity index (χ2v) is 9.30. The minimum absolute atomic E-state index is 0.0587. The minimum atomic E-state index is -0.600. The predicted molar refractivity (Wildman–Crippen MR) is 129 cm³/mol. The summed E-state index contributed by atoms with van der Waals surface area (Å²) in [7, 11) is 0. The number of anilines is 2. The van der Waals surface area contributed by atoms with Gasteiger partial charge in [0.15, 0.2) is 0 Å². The van der Waals surface area contributed by atoms with Crippen LogP contribution in [0.5, 0.6) is 0 Å². The molecule has 9 heteroatoms. The first-order valence-electron chi connectivity index (χ1n) is 11.0. The third-order valence-corrected chi connectivity index (χ3v) is 6.86. The number of amides is 1. The summed E-state index contributed by atoms with van der Waals surface area (Å²) in [6.45, 7) is 4.39. The summed E-state index contributed by atoms with van der Waals surface area (Å²) in [5.74, 6) is -0.586. The molecular formula is C24H28FN5O2S. The van der Waals surface area contributed by atoms with E-state index >= 15 is 0 Å². The fourth-order valence-electron chi connectivity index (χ4n) is 3.78. The van der Waals surface area contributed by atoms with Gasteiger partial charge in [0, 0.05) is 42.1 Å². The molecule has 0 spiro atoms. The van der Waals surface area contributed by atoms with Gasteiger partial charge < -0.3 is 26.8 Å². The first kappa shape index (κ1) is 23.3. The molecule has 1 aromatic carbocycles. The predicted octanol–water partition coefficient (Wildman–Crippen LogP) is 3.34. The zero-order valence-corrected chi connectivity index (χ0v) is 19.2. The topological polar surface area (TPSA) is 112 Å². The van der Waals surface area contributed by atoms with E-state index in [0.29, 0.717) is 39.4 Å². The maximum Gasteiger partial charge on any atom is 0.251 e. The third kappa shape index (κ3) is 5.56. The Labute approximate surface area is 196 Å². The third-order valence-electron chi connectivity index (χ3n) is 5.78. The van der Waals surface area contributed by atoms with Gasteiger partial charge in [0.25, 0.3) is 5.91 Å². The number of benzene rings is 1. The largest absolute Gasteiger partial charge is 0.396 e. The fraction of sp³-hybridized carbons (Fsp3) is 0.333. The maximum absolute atomic E-state index is 14.8. The Bertz CT molecular complexity index is 1130. The average Bonchev–Trinajstić information content (AvgIpc) is 3.47. The highest BCUT2D eigenvalue weighted by atomic mass is 32.1. The van der Waals surface area contributed by atoms with Crippen molar-refractivity contribution >= 4 is 28.1 Å². The van der Waals surface area contributed by atoms with Crippen LogP contribution in [0.2, 0.25) is 0 Å². The molecule has 1 fully saturated rings. The van der Waals surface area contributed by atoms with Gasteiger partial charge in [0.2, 0.25) is 0 Å². The number of hydrogen-bond donors (Lipinski definition) is 5. The highest BCUT2D eigenvalue weighted by molar-refractivity contribution is 7.19. The Hall–Kier alpha value is -2.85. The van der Waals surface area contributed by atoms with Crippen molar-refractivity contribution in [2.24, 2.45) is 5.73 Å². The molecule has 0 bridgehead atoms. The van der Waals surface area contributed by atoms with Gasteiger partial charge in [-0.25, -0.2) is 9.37 Å². The summed E-state index contributed by atoms with van der Waals surface area (Å²) in [5, 5.41) is 19.8. The van der Waals surface area contributed by atoms with Gasteiger partial charge in [-0.3, -0.25) is 4.79 Å². The Morgan fingerprint density at radius 1 is 1.36 bits per heavy atom. The van der Waals surface area contributed by atoms with Crippen LogP contribution in [0.4, 0.5) is 15.2 Å². The Balaban J connectivity index is 1.55. The lowest BCUT2D eigenvalue weighted by molar-refractivity contribution is 0.100. The smallest absolute Gasteiger partial charge is 0.251 e. The lowest BCUT2D eigenvalue weighted by Gasteiger charge is -2.12. The number of thiophene rings is 1. The zero-order valence-electron chi connectivity index (χ0n) is 18.4. The van der Waals surface area contributed by atoms with Crippen molar-refractivity contribution < 1.29 is 14.3 Å². The number of pyridine rings is 1. The molecule has 1 saturated heterocycles. The lowest BCUT2D eigenvalue weighted by Crippen LogP contribution is -2.30. The second-order valence-electron chi connectivity index (χ2n) is 8.25. The number of rotatable bonds is 9. The Kier molecular flexibility index (Phi) is 7.34. The van der Waals surface area contributed by atoms with Gasteiger partial charge >= 0.3 is 0 Å². The van der Waals surface area contributed by atoms with Crippen LogP contribution in [0, 0.1) is 5.82 Å². The van der Waals surface area contributed by atoms with Crippen LogP contribution < -0.4 is 21.7 Å². The molecule has 6 N–H and O–H groups in total. The van der Waals surface area contributed by atoms with Crippen LogP contribution in [0.3, 0.4) is 0 Å². The standard InChI is InChI=1S/C24H28FN5O2S/c1-14(13-31)15-5-6-18(20(25)9-15)21-10-19(23(26)32)24(33-21)30-22-4-2-3-17(29-22)12-28-16-7-8-27-11-16/h2-6,9-10,14,16,27-28,31H,7-8,11-13H2,1H3,(H2,26,32)(H,29,30). The van der Waals surface area contributed by atoms with Gasteiger partial charge in [-0.2, -0.15) is 0 Å². The quantitative estimate of drug-likeness (QED) is 0.329. The second kappa shape index (κ2) is 10.4. The van der Waals surface area contributed by atoms with E-state index in [1.165, 1.54) is 17.4 Å². The van der Waals surface area contributed by atoms with Crippen molar-refractivity contribution in [3.05, 3.63) is 65.1 Å². The van der Waals surface area contributed by atoms with E-state index in [9.17, 15) is 14.3 Å². The molecule has 1 aliphatic rings. The number of nitrogens with zero attached hydrogens (tertiary/aromatic N) is 1. The number of aliphatic hydroxyl groups is 1. The normalized spacial score (nSPS) is 16.6. The van der Waals surface area contributed by atoms with E-state index < -0.39 is 11.7 Å². The van der Waals surface area contributed by atoms with Crippen molar-refractivity contribution in [3.63, 3.8) is 0 Å². The van der Waals surface area contributed by atoms with Crippen LogP contribution in [-0.2, 0) is 6.54 Å². The molecule has 2 aromatic heterocycles. The van der Waals surface area contributed by atoms with Gasteiger partial charge in [-0.1, -0.05) is 25.1 Å². The number of carbonyl (C=O) groups is 1. The number of primary amides is 1. The Morgan fingerprint density at radius 3 is 2.91 bits per heavy atom. The summed E-state index contributed by atoms with van der Waals surface area (Å²) in [4.78, 5) is 17.3. The van der Waals surface area contributed by atoms with Crippen molar-refractivity contribution in [1.29, 1.82) is 0 Å². The monoisotopic (exact) mass is 469 g/mol. The number of halogens is 1.